The van der Waals surface area contributed by atoms with Gasteiger partial charge in [0.05, 0.1) is 9.26 Å². The van der Waals surface area contributed by atoms with E-state index in [9.17, 15) is 24.6 Å². The lowest BCUT2D eigenvalue weighted by molar-refractivity contribution is -0.122. The highest BCUT2D eigenvalue weighted by Crippen LogP contribution is 2.31. The summed E-state index contributed by atoms with van der Waals surface area (Å²) in [7, 11) is 0. The average Bonchev–Trinajstić information content (AvgIpc) is 2.59. The number of hydrogen-bond acceptors (Lipinski definition) is 5. The molecule has 0 aliphatic carbocycles. The number of halogens is 2. The van der Waals surface area contributed by atoms with Gasteiger partial charge < -0.3 is 10.2 Å². The van der Waals surface area contributed by atoms with Crippen LogP contribution in [-0.2, 0) is 9.59 Å². The van der Waals surface area contributed by atoms with Crippen LogP contribution in [0.2, 0.25) is 0 Å². The molecule has 138 valence electrons. The van der Waals surface area contributed by atoms with Crippen LogP contribution in [0.25, 0.3) is 6.08 Å². The van der Waals surface area contributed by atoms with Crippen LogP contribution in [0, 0.1) is 10.5 Å². The lowest BCUT2D eigenvalue weighted by atomic mass is 10.1. The van der Waals surface area contributed by atoms with Crippen molar-refractivity contribution >= 4 is 68.1 Å². The number of nitrogens with one attached hydrogen (secondary N) is 1. The van der Waals surface area contributed by atoms with Crippen LogP contribution >= 0.6 is 38.5 Å². The predicted molar refractivity (Wildman–Crippen MR) is 110 cm³/mol. The fourth-order valence-corrected chi connectivity index (χ4v) is 3.24. The summed E-state index contributed by atoms with van der Waals surface area (Å²) in [5.74, 6) is -2.11. The molecule has 1 aliphatic heterocycles. The first-order valence-electron chi connectivity index (χ1n) is 7.58. The van der Waals surface area contributed by atoms with Crippen LogP contribution in [0.3, 0.4) is 0 Å². The molecule has 1 aliphatic rings. The largest absolute Gasteiger partial charge is 0.507 e. The van der Waals surface area contributed by atoms with Crippen LogP contribution in [0.1, 0.15) is 11.1 Å². The van der Waals surface area contributed by atoms with Gasteiger partial charge in [-0.1, -0.05) is 15.9 Å². The molecule has 27 heavy (non-hydrogen) atoms. The summed E-state index contributed by atoms with van der Waals surface area (Å²) in [5, 5.41) is 21.7. The van der Waals surface area contributed by atoms with Gasteiger partial charge in [0, 0.05) is 16.1 Å². The van der Waals surface area contributed by atoms with E-state index in [0.717, 1.165) is 21.0 Å². The minimum Gasteiger partial charge on any atom is -0.507 e. The van der Waals surface area contributed by atoms with E-state index < -0.39 is 17.8 Å². The topological polar surface area (TPSA) is 107 Å². The minimum absolute atomic E-state index is 0.128. The van der Waals surface area contributed by atoms with Crippen molar-refractivity contribution in [1.29, 1.82) is 0 Å². The Labute approximate surface area is 175 Å². The van der Waals surface area contributed by atoms with Crippen LogP contribution < -0.4 is 10.2 Å². The molecule has 9 heteroatoms. The van der Waals surface area contributed by atoms with E-state index in [2.05, 4.69) is 21.2 Å². The van der Waals surface area contributed by atoms with Gasteiger partial charge in [0.25, 0.3) is 11.8 Å². The van der Waals surface area contributed by atoms with Crippen molar-refractivity contribution in [3.05, 3.63) is 55.1 Å². The molecule has 3 N–H and O–H groups in total. The van der Waals surface area contributed by atoms with Crippen LogP contribution in [0.5, 0.6) is 11.5 Å². The summed E-state index contributed by atoms with van der Waals surface area (Å²) in [6, 6.07) is 6.58. The minimum atomic E-state index is -0.863. The zero-order valence-corrected chi connectivity index (χ0v) is 17.5. The second-order valence-corrected chi connectivity index (χ2v) is 7.77. The molecule has 1 fully saturated rings. The summed E-state index contributed by atoms with van der Waals surface area (Å²) in [4.78, 5) is 38.1. The molecular formula is C18H12BrIN2O5. The molecule has 0 unspecified atom stereocenters. The molecule has 7 nitrogen and oxygen atoms in total. The SMILES string of the molecule is Cc1cc(N2C(=O)NC(=O)/C(=C\c3cc(I)c(O)cc3O)C2=O)ccc1Br. The molecule has 1 saturated heterocycles. The molecule has 0 aromatic heterocycles. The standard InChI is InChI=1S/C18H12BrIN2O5/c1-8-4-10(2-3-12(8)19)22-17(26)11(16(25)21-18(22)27)5-9-6-13(20)15(24)7-14(9)23/h2-7,23-24H,1H3,(H,21,25,27)/b11-5+. The van der Waals surface area contributed by atoms with Gasteiger partial charge in [-0.2, -0.15) is 0 Å². The molecule has 2 aromatic carbocycles. The molecule has 0 bridgehead atoms. The Hall–Kier alpha value is -2.40. The van der Waals surface area contributed by atoms with Crippen molar-refractivity contribution in [3.63, 3.8) is 0 Å². The fraction of sp³-hybridized carbons (Fsp3) is 0.0556. The van der Waals surface area contributed by atoms with Crippen LogP contribution in [-0.4, -0.2) is 28.1 Å². The first-order chi connectivity index (χ1) is 12.7. The Morgan fingerprint density at radius 1 is 1.11 bits per heavy atom. The predicted octanol–water partition coefficient (Wildman–Crippen LogP) is 3.44. The number of phenols is 2. The average molecular weight is 543 g/mol. The molecule has 1 heterocycles. The highest BCUT2D eigenvalue weighted by molar-refractivity contribution is 14.1. The second kappa shape index (κ2) is 7.31. The maximum atomic E-state index is 12.8. The number of hydrogen-bond donors (Lipinski definition) is 3. The van der Waals surface area contributed by atoms with Gasteiger partial charge in [-0.3, -0.25) is 14.9 Å². The summed E-state index contributed by atoms with van der Waals surface area (Å²) in [6.45, 7) is 1.80. The monoisotopic (exact) mass is 542 g/mol. The van der Waals surface area contributed by atoms with E-state index in [1.54, 1.807) is 25.1 Å². The Kier molecular flexibility index (Phi) is 5.24. The van der Waals surface area contributed by atoms with Gasteiger partial charge in [0.15, 0.2) is 0 Å². The Morgan fingerprint density at radius 3 is 2.48 bits per heavy atom. The summed E-state index contributed by atoms with van der Waals surface area (Å²) >= 11 is 5.20. The fourth-order valence-electron chi connectivity index (χ4n) is 2.50. The second-order valence-electron chi connectivity index (χ2n) is 5.75. The normalized spacial score (nSPS) is 16.0. The zero-order chi connectivity index (χ0) is 19.9. The zero-order valence-electron chi connectivity index (χ0n) is 13.8. The highest BCUT2D eigenvalue weighted by Gasteiger charge is 2.37. The number of carbonyl (C=O) groups is 3. The number of nitrogens with zero attached hydrogens (tertiary/aromatic N) is 1. The first kappa shape index (κ1) is 19.4. The molecular weight excluding hydrogens is 531 g/mol. The molecule has 0 radical (unpaired) electrons. The number of imide groups is 2. The van der Waals surface area contributed by atoms with Gasteiger partial charge in [0.1, 0.15) is 17.1 Å². The van der Waals surface area contributed by atoms with Gasteiger partial charge in [-0.15, -0.1) is 0 Å². The number of aromatic hydroxyl groups is 2. The van der Waals surface area contributed by atoms with Crippen molar-refractivity contribution in [2.75, 3.05) is 4.90 Å². The molecule has 0 spiro atoms. The number of amides is 4. The van der Waals surface area contributed by atoms with E-state index in [-0.39, 0.29) is 22.6 Å². The molecule has 4 amide bonds. The maximum Gasteiger partial charge on any atom is 0.335 e. The van der Waals surface area contributed by atoms with Crippen molar-refractivity contribution in [1.82, 2.24) is 5.32 Å². The third-order valence-electron chi connectivity index (χ3n) is 3.90. The summed E-state index contributed by atoms with van der Waals surface area (Å²) in [6.07, 6.45) is 1.18. The maximum absolute atomic E-state index is 12.8. The van der Waals surface area contributed by atoms with Crippen molar-refractivity contribution in [3.8, 4) is 11.5 Å². The molecule has 2 aromatic rings. The Bertz CT molecular complexity index is 1030. The number of barbiturate groups is 1. The Morgan fingerprint density at radius 2 is 1.81 bits per heavy atom. The van der Waals surface area contributed by atoms with Crippen molar-refractivity contribution in [2.24, 2.45) is 0 Å². The molecule has 0 saturated carbocycles. The number of aryl methyl sites for hydroxylation is 1. The quantitative estimate of drug-likeness (QED) is 0.306. The number of urea groups is 1. The van der Waals surface area contributed by atoms with Crippen LogP contribution in [0.15, 0.2) is 40.4 Å². The third kappa shape index (κ3) is 3.69. The van der Waals surface area contributed by atoms with Gasteiger partial charge in [-0.05, 0) is 65.4 Å². The number of carbonyl (C=O) groups excluding carboxylic acids is 3. The lowest BCUT2D eigenvalue weighted by Crippen LogP contribution is -2.54. The Balaban J connectivity index is 2.07. The van der Waals surface area contributed by atoms with Gasteiger partial charge in [-0.25, -0.2) is 9.69 Å². The third-order valence-corrected chi connectivity index (χ3v) is 5.65. The van der Waals surface area contributed by atoms with E-state index in [0.29, 0.717) is 9.26 Å². The lowest BCUT2D eigenvalue weighted by Gasteiger charge is -2.26. The molecule has 0 atom stereocenters. The summed E-state index contributed by atoms with van der Waals surface area (Å²) < 4.78 is 1.24. The van der Waals surface area contributed by atoms with Gasteiger partial charge in [0.2, 0.25) is 0 Å². The van der Waals surface area contributed by atoms with E-state index in [4.69, 9.17) is 0 Å². The van der Waals surface area contributed by atoms with Gasteiger partial charge >= 0.3 is 6.03 Å². The smallest absolute Gasteiger partial charge is 0.335 e. The molecule has 3 rings (SSSR count). The van der Waals surface area contributed by atoms with E-state index in [1.807, 2.05) is 22.6 Å². The summed E-state index contributed by atoms with van der Waals surface area (Å²) in [5.41, 5.74) is 0.964. The van der Waals surface area contributed by atoms with Crippen molar-refractivity contribution < 1.29 is 24.6 Å². The number of rotatable bonds is 2. The number of phenolic OH excluding ortho intramolecular Hbond substituents is 2. The van der Waals surface area contributed by atoms with E-state index in [1.165, 1.54) is 12.1 Å². The van der Waals surface area contributed by atoms with Crippen molar-refractivity contribution in [2.45, 2.75) is 6.92 Å². The number of benzene rings is 2. The van der Waals surface area contributed by atoms with Crippen LogP contribution in [0.4, 0.5) is 10.5 Å². The number of anilines is 1. The van der Waals surface area contributed by atoms with E-state index >= 15 is 0 Å². The highest BCUT2D eigenvalue weighted by atomic mass is 127. The first-order valence-corrected chi connectivity index (χ1v) is 9.45.